The van der Waals surface area contributed by atoms with E-state index in [9.17, 15) is 9.59 Å². The molecule has 5 nitrogen and oxygen atoms in total. The van der Waals surface area contributed by atoms with Crippen LogP contribution in [0.4, 0.5) is 10.2 Å². The van der Waals surface area contributed by atoms with Gasteiger partial charge in [-0.2, -0.15) is 0 Å². The quantitative estimate of drug-likeness (QED) is 0.649. The molecular weight excluding hydrogens is 416 g/mol. The fraction of sp³-hybridized carbons (Fsp3) is 0.381. The van der Waals surface area contributed by atoms with Gasteiger partial charge >= 0.3 is 0 Å². The van der Waals surface area contributed by atoms with E-state index in [-0.39, 0.29) is 40.9 Å². The van der Waals surface area contributed by atoms with E-state index in [4.69, 9.17) is 23.2 Å². The molecule has 1 aromatic carbocycles. The van der Waals surface area contributed by atoms with Gasteiger partial charge in [0.25, 0.3) is 5.91 Å². The summed E-state index contributed by atoms with van der Waals surface area (Å²) < 4.78 is 15.1. The summed E-state index contributed by atoms with van der Waals surface area (Å²) >= 11 is 12.0. The van der Waals surface area contributed by atoms with Crippen LogP contribution in [0.5, 0.6) is 0 Å². The Kier molecular flexibility index (Phi) is 4.92. The largest absolute Gasteiger partial charge is 0.308 e. The molecule has 0 radical (unpaired) electrons. The lowest BCUT2D eigenvalue weighted by Crippen LogP contribution is -2.49. The molecule has 4 atom stereocenters. The Morgan fingerprint density at radius 1 is 1.17 bits per heavy atom. The summed E-state index contributed by atoms with van der Waals surface area (Å²) in [4.78, 5) is 30.4. The van der Waals surface area contributed by atoms with Gasteiger partial charge in [-0.05, 0) is 36.6 Å². The molecule has 1 saturated carbocycles. The van der Waals surface area contributed by atoms with Crippen LogP contribution in [0.15, 0.2) is 30.3 Å². The molecule has 1 saturated heterocycles. The molecule has 3 aliphatic rings. The van der Waals surface area contributed by atoms with Gasteiger partial charge in [0.1, 0.15) is 28.1 Å². The zero-order valence-electron chi connectivity index (χ0n) is 14.6. The molecule has 2 aromatic rings. The minimum atomic E-state index is -1.30. The Morgan fingerprint density at radius 3 is 2.76 bits per heavy atom. The summed E-state index contributed by atoms with van der Waals surface area (Å²) in [6.07, 6.45) is 1.90. The number of anilines is 1. The summed E-state index contributed by atoms with van der Waals surface area (Å²) in [5.41, 5.74) is -0.456. The second-order valence-corrected chi connectivity index (χ2v) is 8.34. The fourth-order valence-electron chi connectivity index (χ4n) is 5.12. The lowest BCUT2D eigenvalue weighted by atomic mass is 9.68. The maximum absolute atomic E-state index is 15.1. The molecule has 2 fully saturated rings. The van der Waals surface area contributed by atoms with Crippen LogP contribution in [0.1, 0.15) is 43.7 Å². The number of pyridine rings is 1. The first kappa shape index (κ1) is 20.3. The molecule has 1 amide bonds. The lowest BCUT2D eigenvalue weighted by molar-refractivity contribution is -0.125. The Labute approximate surface area is 178 Å². The molecule has 2 N–H and O–H groups in total. The summed E-state index contributed by atoms with van der Waals surface area (Å²) in [6.45, 7) is 0. The van der Waals surface area contributed by atoms with Crippen LogP contribution in [0.25, 0.3) is 0 Å². The number of nitrogens with zero attached hydrogens (tertiary/aromatic N) is 1. The second kappa shape index (κ2) is 7.04. The molecule has 1 spiro atoms. The molecule has 3 heterocycles. The van der Waals surface area contributed by atoms with Gasteiger partial charge in [-0.1, -0.05) is 42.8 Å². The number of halogens is 3. The number of hydrogen-bond donors (Lipinski definition) is 2. The summed E-state index contributed by atoms with van der Waals surface area (Å²) in [6, 6.07) is 7.79. The number of ketones is 1. The van der Waals surface area contributed by atoms with Crippen molar-refractivity contribution in [2.45, 2.75) is 44.2 Å². The smallest absolute Gasteiger partial charge is 0.251 e. The van der Waals surface area contributed by atoms with Gasteiger partial charge in [0, 0.05) is 29.9 Å². The summed E-state index contributed by atoms with van der Waals surface area (Å²) in [7, 11) is 0. The highest BCUT2D eigenvalue weighted by molar-refractivity contribution is 6.31. The van der Waals surface area contributed by atoms with Gasteiger partial charge in [0.2, 0.25) is 0 Å². The van der Waals surface area contributed by atoms with Crippen molar-refractivity contribution in [2.75, 3.05) is 5.32 Å². The van der Waals surface area contributed by atoms with E-state index in [1.165, 1.54) is 6.07 Å². The van der Waals surface area contributed by atoms with E-state index in [2.05, 4.69) is 15.6 Å². The summed E-state index contributed by atoms with van der Waals surface area (Å²) in [5.74, 6) is -1.83. The lowest BCUT2D eigenvalue weighted by Gasteiger charge is -2.32. The number of amides is 1. The Hall–Kier alpha value is -2.02. The number of aromatic nitrogens is 1. The highest BCUT2D eigenvalue weighted by Gasteiger charge is 2.64. The predicted molar refractivity (Wildman–Crippen MR) is 110 cm³/mol. The SMILES string of the molecule is C.O=C1CCC[C@@H]2N[C@@]3(C(=O)Nc4nc(Cl)ccc43)[C@@H](c3cccc(Cl)c3F)[C@H]12. The molecule has 152 valence electrons. The molecule has 1 aromatic heterocycles. The number of carbonyl (C=O) groups is 2. The minimum absolute atomic E-state index is 0. The van der Waals surface area contributed by atoms with Gasteiger partial charge in [-0.15, -0.1) is 0 Å². The number of hydrogen-bond acceptors (Lipinski definition) is 4. The third kappa shape index (κ3) is 2.73. The van der Waals surface area contributed by atoms with E-state index in [1.54, 1.807) is 24.3 Å². The number of Topliss-reactive ketones (excluding diaryl/α,β-unsaturated/α-hetero) is 1. The molecule has 8 heteroatoms. The van der Waals surface area contributed by atoms with Crippen molar-refractivity contribution in [2.24, 2.45) is 5.92 Å². The van der Waals surface area contributed by atoms with Crippen molar-refractivity contribution < 1.29 is 14.0 Å². The Morgan fingerprint density at radius 2 is 1.97 bits per heavy atom. The molecule has 1 aliphatic carbocycles. The zero-order chi connectivity index (χ0) is 19.6. The van der Waals surface area contributed by atoms with Crippen LogP contribution in [0, 0.1) is 11.7 Å². The number of fused-ring (bicyclic) bond motifs is 3. The molecule has 5 rings (SSSR count). The number of carbonyl (C=O) groups excluding carboxylic acids is 2. The van der Waals surface area contributed by atoms with Crippen molar-refractivity contribution in [1.82, 2.24) is 10.3 Å². The maximum atomic E-state index is 15.1. The van der Waals surface area contributed by atoms with Crippen LogP contribution in [-0.4, -0.2) is 22.7 Å². The number of benzene rings is 1. The van der Waals surface area contributed by atoms with E-state index in [0.29, 0.717) is 17.8 Å². The van der Waals surface area contributed by atoms with Crippen molar-refractivity contribution in [3.63, 3.8) is 0 Å². The standard InChI is InChI=1S/C20H16Cl2FN3O2.CH4/c21-11-4-1-3-9(17(11)23)16-15-12(5-2-6-13(15)27)26-20(16)10-7-8-14(22)24-18(10)25-19(20)28;/h1,3-4,7-8,12,15-16,26H,2,5-6H2,(H,24,25,28);1H4/t12-,15-,16-,20+;/m0./s1. The predicted octanol–water partition coefficient (Wildman–Crippen LogP) is 4.44. The Balaban J connectivity index is 0.00000205. The van der Waals surface area contributed by atoms with Crippen molar-refractivity contribution >= 4 is 40.7 Å². The van der Waals surface area contributed by atoms with Crippen LogP contribution in [0.3, 0.4) is 0 Å². The topological polar surface area (TPSA) is 71.1 Å². The molecule has 2 aliphatic heterocycles. The second-order valence-electron chi connectivity index (χ2n) is 7.55. The Bertz CT molecular complexity index is 1030. The first-order valence-corrected chi connectivity index (χ1v) is 9.92. The van der Waals surface area contributed by atoms with Crippen molar-refractivity contribution in [1.29, 1.82) is 0 Å². The number of nitrogens with one attached hydrogen (secondary N) is 2. The first-order valence-electron chi connectivity index (χ1n) is 9.16. The average Bonchev–Trinajstić information content (AvgIpc) is 3.14. The maximum Gasteiger partial charge on any atom is 0.251 e. The van der Waals surface area contributed by atoms with Gasteiger partial charge in [-0.3, -0.25) is 14.9 Å². The molecule has 0 bridgehead atoms. The van der Waals surface area contributed by atoms with Crippen molar-refractivity contribution in [3.05, 3.63) is 57.5 Å². The van der Waals surface area contributed by atoms with Gasteiger partial charge in [-0.25, -0.2) is 9.37 Å². The van der Waals surface area contributed by atoms with Crippen LogP contribution >= 0.6 is 23.2 Å². The molecular formula is C21H20Cl2FN3O2. The average molecular weight is 436 g/mol. The fourth-order valence-corrected chi connectivity index (χ4v) is 5.44. The summed E-state index contributed by atoms with van der Waals surface area (Å²) in [5, 5.41) is 6.37. The monoisotopic (exact) mass is 435 g/mol. The van der Waals surface area contributed by atoms with Crippen LogP contribution < -0.4 is 10.6 Å². The first-order chi connectivity index (χ1) is 13.4. The third-order valence-electron chi connectivity index (χ3n) is 6.17. The highest BCUT2D eigenvalue weighted by Crippen LogP contribution is 2.56. The zero-order valence-corrected chi connectivity index (χ0v) is 16.1. The highest BCUT2D eigenvalue weighted by atomic mass is 35.5. The van der Waals surface area contributed by atoms with Gasteiger partial charge in [0.05, 0.1) is 5.02 Å². The van der Waals surface area contributed by atoms with Crippen LogP contribution in [-0.2, 0) is 15.1 Å². The molecule has 29 heavy (non-hydrogen) atoms. The van der Waals surface area contributed by atoms with E-state index in [1.807, 2.05) is 0 Å². The number of rotatable bonds is 1. The van der Waals surface area contributed by atoms with E-state index >= 15 is 4.39 Å². The van der Waals surface area contributed by atoms with Crippen molar-refractivity contribution in [3.8, 4) is 0 Å². The van der Waals surface area contributed by atoms with Gasteiger partial charge in [0.15, 0.2) is 0 Å². The minimum Gasteiger partial charge on any atom is -0.308 e. The third-order valence-corrected chi connectivity index (χ3v) is 6.68. The normalized spacial score (nSPS) is 30.0. The van der Waals surface area contributed by atoms with Crippen LogP contribution in [0.2, 0.25) is 10.2 Å². The van der Waals surface area contributed by atoms with E-state index < -0.39 is 23.2 Å². The van der Waals surface area contributed by atoms with Gasteiger partial charge < -0.3 is 5.32 Å². The molecule has 0 unspecified atom stereocenters. The van der Waals surface area contributed by atoms with E-state index in [0.717, 1.165) is 12.8 Å².